The van der Waals surface area contributed by atoms with E-state index in [1.54, 1.807) is 0 Å². The van der Waals surface area contributed by atoms with Crippen LogP contribution in [0.1, 0.15) is 18.2 Å². The Labute approximate surface area is 355 Å². The number of para-hydroxylation sites is 1. The van der Waals surface area contributed by atoms with E-state index in [0.29, 0.717) is 11.6 Å². The molecule has 0 spiro atoms. The molecule has 1 aliphatic rings. The second-order valence-electron chi connectivity index (χ2n) is 15.6. The molecule has 4 heteroatoms. The molecule has 2 aromatic heterocycles. The summed E-state index contributed by atoms with van der Waals surface area (Å²) in [6, 6.07) is 71.5. The van der Waals surface area contributed by atoms with Gasteiger partial charge in [0.15, 0.2) is 11.6 Å². The SMILES string of the molecule is C1=CCC(c2nc(-c3ccccc3)nc(-c3ccc(-c4cccc(-c5ccc(-n6c7ccccc7c7cc(-c8cccc(-c9ccccc9)c8)ccc76)cc5)c4)cc3)n2)C=C1. The Balaban J connectivity index is 0.884. The second kappa shape index (κ2) is 15.7. The minimum absolute atomic E-state index is 0.120. The van der Waals surface area contributed by atoms with E-state index in [4.69, 9.17) is 15.0 Å². The Kier molecular flexibility index (Phi) is 9.29. The van der Waals surface area contributed by atoms with E-state index in [2.05, 4.69) is 211 Å². The quantitative estimate of drug-likeness (QED) is 0.154. The van der Waals surface area contributed by atoms with E-state index in [1.807, 2.05) is 18.2 Å². The van der Waals surface area contributed by atoms with Crippen LogP contribution in [0.4, 0.5) is 0 Å². The van der Waals surface area contributed by atoms with E-state index >= 15 is 0 Å². The van der Waals surface area contributed by atoms with Crippen LogP contribution < -0.4 is 0 Å². The molecule has 1 aliphatic carbocycles. The summed E-state index contributed by atoms with van der Waals surface area (Å²) >= 11 is 0. The summed E-state index contributed by atoms with van der Waals surface area (Å²) in [6.45, 7) is 0. The lowest BCUT2D eigenvalue weighted by molar-refractivity contribution is 0.764. The number of allylic oxidation sites excluding steroid dienone is 4. The maximum atomic E-state index is 4.99. The van der Waals surface area contributed by atoms with Crippen LogP contribution in [0.15, 0.2) is 224 Å². The average molecular weight is 781 g/mol. The van der Waals surface area contributed by atoms with Gasteiger partial charge < -0.3 is 4.57 Å². The molecule has 4 nitrogen and oxygen atoms in total. The molecule has 0 bridgehead atoms. The van der Waals surface area contributed by atoms with Gasteiger partial charge in [0.25, 0.3) is 0 Å². The van der Waals surface area contributed by atoms with Crippen LogP contribution >= 0.6 is 0 Å². The zero-order valence-corrected chi connectivity index (χ0v) is 33.4. The summed E-state index contributed by atoms with van der Waals surface area (Å²) in [4.78, 5) is 14.9. The Morgan fingerprint density at radius 1 is 0.361 bits per heavy atom. The van der Waals surface area contributed by atoms with Crippen molar-refractivity contribution in [2.24, 2.45) is 0 Å². The number of benzene rings is 8. The molecule has 0 fully saturated rings. The topological polar surface area (TPSA) is 43.6 Å². The van der Waals surface area contributed by atoms with Gasteiger partial charge in [-0.25, -0.2) is 15.0 Å². The molecular formula is C57H40N4. The molecular weight excluding hydrogens is 741 g/mol. The molecule has 0 saturated heterocycles. The summed E-state index contributed by atoms with van der Waals surface area (Å²) in [6.07, 6.45) is 9.37. The van der Waals surface area contributed by atoms with Crippen molar-refractivity contribution in [1.29, 1.82) is 0 Å². The minimum Gasteiger partial charge on any atom is -0.309 e. The lowest BCUT2D eigenvalue weighted by atomic mass is 9.98. The third-order valence-electron chi connectivity index (χ3n) is 11.8. The molecule has 2 heterocycles. The van der Waals surface area contributed by atoms with Crippen molar-refractivity contribution >= 4 is 21.8 Å². The number of aromatic nitrogens is 4. The van der Waals surface area contributed by atoms with Crippen LogP contribution in [0.3, 0.4) is 0 Å². The largest absolute Gasteiger partial charge is 0.309 e. The highest BCUT2D eigenvalue weighted by Crippen LogP contribution is 2.37. The molecule has 1 unspecified atom stereocenters. The number of hydrogen-bond donors (Lipinski definition) is 0. The van der Waals surface area contributed by atoms with Gasteiger partial charge >= 0.3 is 0 Å². The molecule has 61 heavy (non-hydrogen) atoms. The Morgan fingerprint density at radius 3 is 1.48 bits per heavy atom. The van der Waals surface area contributed by atoms with Crippen LogP contribution in [0.5, 0.6) is 0 Å². The fourth-order valence-corrected chi connectivity index (χ4v) is 8.61. The van der Waals surface area contributed by atoms with E-state index in [1.165, 1.54) is 55.2 Å². The summed E-state index contributed by atoms with van der Waals surface area (Å²) in [5.74, 6) is 2.29. The van der Waals surface area contributed by atoms with E-state index in [9.17, 15) is 0 Å². The van der Waals surface area contributed by atoms with E-state index < -0.39 is 0 Å². The lowest BCUT2D eigenvalue weighted by Gasteiger charge is -2.14. The zero-order chi connectivity index (χ0) is 40.5. The van der Waals surface area contributed by atoms with Crippen molar-refractivity contribution in [3.63, 3.8) is 0 Å². The molecule has 0 radical (unpaired) electrons. The predicted molar refractivity (Wildman–Crippen MR) is 252 cm³/mol. The lowest BCUT2D eigenvalue weighted by Crippen LogP contribution is -2.07. The van der Waals surface area contributed by atoms with Gasteiger partial charge in [-0.2, -0.15) is 0 Å². The number of nitrogens with zero attached hydrogens (tertiary/aromatic N) is 4. The molecule has 0 N–H and O–H groups in total. The maximum absolute atomic E-state index is 4.99. The second-order valence-corrected chi connectivity index (χ2v) is 15.6. The van der Waals surface area contributed by atoms with Gasteiger partial charge in [0.05, 0.1) is 11.0 Å². The smallest absolute Gasteiger partial charge is 0.163 e. The summed E-state index contributed by atoms with van der Waals surface area (Å²) in [7, 11) is 0. The third-order valence-corrected chi connectivity index (χ3v) is 11.8. The van der Waals surface area contributed by atoms with Gasteiger partial charge in [0.1, 0.15) is 5.82 Å². The first-order valence-electron chi connectivity index (χ1n) is 20.9. The van der Waals surface area contributed by atoms with Crippen molar-refractivity contribution in [3.05, 3.63) is 230 Å². The first kappa shape index (κ1) is 36.2. The van der Waals surface area contributed by atoms with Gasteiger partial charge in [0, 0.05) is 33.5 Å². The zero-order valence-electron chi connectivity index (χ0n) is 33.4. The fraction of sp³-hybridized carbons (Fsp3) is 0.0351. The van der Waals surface area contributed by atoms with Crippen LogP contribution in [-0.4, -0.2) is 19.5 Å². The highest BCUT2D eigenvalue weighted by Gasteiger charge is 2.18. The van der Waals surface area contributed by atoms with Gasteiger partial charge in [-0.1, -0.05) is 182 Å². The maximum Gasteiger partial charge on any atom is 0.163 e. The molecule has 11 rings (SSSR count). The highest BCUT2D eigenvalue weighted by atomic mass is 15.0. The molecule has 0 amide bonds. The minimum atomic E-state index is 0.120. The Bertz CT molecular complexity index is 3250. The molecule has 10 aromatic rings. The molecule has 0 saturated carbocycles. The number of rotatable bonds is 8. The van der Waals surface area contributed by atoms with Gasteiger partial charge in [-0.3, -0.25) is 0 Å². The summed E-state index contributed by atoms with van der Waals surface area (Å²) in [5, 5.41) is 2.49. The fourth-order valence-electron chi connectivity index (χ4n) is 8.61. The van der Waals surface area contributed by atoms with Crippen LogP contribution in [-0.2, 0) is 0 Å². The Morgan fingerprint density at radius 2 is 0.836 bits per heavy atom. The number of hydrogen-bond acceptors (Lipinski definition) is 3. The van der Waals surface area contributed by atoms with E-state index in [0.717, 1.165) is 40.2 Å². The van der Waals surface area contributed by atoms with Crippen molar-refractivity contribution in [2.45, 2.75) is 12.3 Å². The van der Waals surface area contributed by atoms with Crippen LogP contribution in [0, 0.1) is 0 Å². The average Bonchev–Trinajstić information content (AvgIpc) is 3.68. The number of fused-ring (bicyclic) bond motifs is 3. The molecule has 8 aromatic carbocycles. The van der Waals surface area contributed by atoms with Crippen molar-refractivity contribution < 1.29 is 0 Å². The van der Waals surface area contributed by atoms with E-state index in [-0.39, 0.29) is 5.92 Å². The molecule has 0 aliphatic heterocycles. The monoisotopic (exact) mass is 780 g/mol. The Hall–Kier alpha value is -7.95. The standard InChI is InChI=1S/C57H40N4/c1-4-14-39(15-5-1)45-20-13-23-48(37-45)49-32-35-54-52(38-49)51-24-10-11-25-53(51)61(54)50-33-30-41(31-34-50)47-22-12-21-46(36-47)40-26-28-44(29-27-40)57-59-55(42-16-6-2-7-17-42)58-56(60-57)43-18-8-3-9-19-43/h1-18,20-38,43H,19H2. The van der Waals surface area contributed by atoms with Crippen molar-refractivity contribution in [2.75, 3.05) is 0 Å². The van der Waals surface area contributed by atoms with Gasteiger partial charge in [-0.15, -0.1) is 0 Å². The summed E-state index contributed by atoms with van der Waals surface area (Å²) < 4.78 is 2.39. The van der Waals surface area contributed by atoms with Gasteiger partial charge in [-0.05, 0) is 93.4 Å². The normalized spacial score (nSPS) is 13.5. The summed E-state index contributed by atoms with van der Waals surface area (Å²) in [5.41, 5.74) is 14.9. The third kappa shape index (κ3) is 7.04. The first-order chi connectivity index (χ1) is 30.2. The van der Waals surface area contributed by atoms with Crippen molar-refractivity contribution in [3.8, 4) is 73.0 Å². The van der Waals surface area contributed by atoms with Crippen LogP contribution in [0.25, 0.3) is 94.8 Å². The van der Waals surface area contributed by atoms with Gasteiger partial charge in [0.2, 0.25) is 0 Å². The van der Waals surface area contributed by atoms with Crippen molar-refractivity contribution in [1.82, 2.24) is 19.5 Å². The molecule has 1 atom stereocenters. The highest BCUT2D eigenvalue weighted by molar-refractivity contribution is 6.10. The predicted octanol–water partition coefficient (Wildman–Crippen LogP) is 14.6. The first-order valence-corrected chi connectivity index (χ1v) is 20.9. The van der Waals surface area contributed by atoms with Crippen LogP contribution in [0.2, 0.25) is 0 Å². The molecule has 288 valence electrons.